The van der Waals surface area contributed by atoms with Gasteiger partial charge >= 0.3 is 0 Å². The lowest BCUT2D eigenvalue weighted by molar-refractivity contribution is 0.0768. The van der Waals surface area contributed by atoms with Gasteiger partial charge in [0.25, 0.3) is 5.91 Å². The molecule has 0 saturated heterocycles. The van der Waals surface area contributed by atoms with Crippen molar-refractivity contribution in [3.63, 3.8) is 0 Å². The summed E-state index contributed by atoms with van der Waals surface area (Å²) in [5.74, 6) is 0.0532. The van der Waals surface area contributed by atoms with E-state index in [2.05, 4.69) is 28.0 Å². The van der Waals surface area contributed by atoms with E-state index in [-0.39, 0.29) is 5.91 Å². The summed E-state index contributed by atoms with van der Waals surface area (Å²) in [6, 6.07) is 5.73. The number of aromatic nitrogens is 2. The maximum Gasteiger partial charge on any atom is 0.257 e. The third-order valence-electron chi connectivity index (χ3n) is 2.79. The van der Waals surface area contributed by atoms with Gasteiger partial charge in [0.15, 0.2) is 0 Å². The second-order valence-electron chi connectivity index (χ2n) is 4.07. The van der Waals surface area contributed by atoms with Gasteiger partial charge in [0.1, 0.15) is 0 Å². The molecule has 1 amide bonds. The van der Waals surface area contributed by atoms with Crippen LogP contribution in [0.25, 0.3) is 5.52 Å². The molecule has 0 aliphatic rings. The Morgan fingerprint density at radius 2 is 2.28 bits per heavy atom. The Bertz CT molecular complexity index is 532. The van der Waals surface area contributed by atoms with Gasteiger partial charge in [-0.2, -0.15) is 5.10 Å². The molecule has 0 bridgehead atoms. The van der Waals surface area contributed by atoms with Gasteiger partial charge in [-0.1, -0.05) is 28.9 Å². The molecule has 2 aromatic rings. The zero-order valence-electron chi connectivity index (χ0n) is 10.3. The van der Waals surface area contributed by atoms with E-state index in [4.69, 9.17) is 0 Å². The summed E-state index contributed by atoms with van der Waals surface area (Å²) in [6.07, 6.45) is 4.45. The number of amides is 1. The normalized spacial score (nSPS) is 10.8. The van der Waals surface area contributed by atoms with Gasteiger partial charge in [-0.05, 0) is 18.6 Å². The van der Waals surface area contributed by atoms with E-state index in [9.17, 15) is 4.79 Å². The molecule has 96 valence electrons. The minimum absolute atomic E-state index is 0.0532. The van der Waals surface area contributed by atoms with Gasteiger partial charge in [0.05, 0.1) is 17.3 Å². The molecule has 4 nitrogen and oxygen atoms in total. The van der Waals surface area contributed by atoms with Crippen LogP contribution >= 0.6 is 15.9 Å². The highest BCUT2D eigenvalue weighted by atomic mass is 79.9. The van der Waals surface area contributed by atoms with Gasteiger partial charge in [-0.15, -0.1) is 0 Å². The number of carbonyl (C=O) groups excluding carboxylic acids is 1. The number of hydrogen-bond donors (Lipinski definition) is 0. The Kier molecular flexibility index (Phi) is 4.36. The second kappa shape index (κ2) is 6.00. The highest BCUT2D eigenvalue weighted by Crippen LogP contribution is 2.13. The summed E-state index contributed by atoms with van der Waals surface area (Å²) in [5.41, 5.74) is 1.53. The van der Waals surface area contributed by atoms with Crippen LogP contribution < -0.4 is 0 Å². The van der Waals surface area contributed by atoms with Crippen molar-refractivity contribution < 1.29 is 4.79 Å². The van der Waals surface area contributed by atoms with Crippen molar-refractivity contribution in [1.29, 1.82) is 0 Å². The van der Waals surface area contributed by atoms with Crippen molar-refractivity contribution in [2.75, 3.05) is 18.4 Å². The molecule has 0 radical (unpaired) electrons. The Hall–Kier alpha value is -1.36. The van der Waals surface area contributed by atoms with Crippen LogP contribution in [0.3, 0.4) is 0 Å². The van der Waals surface area contributed by atoms with Crippen LogP contribution in [0.15, 0.2) is 30.6 Å². The molecule has 0 aliphatic heterocycles. The molecule has 2 heterocycles. The van der Waals surface area contributed by atoms with E-state index in [0.717, 1.165) is 30.4 Å². The molecule has 0 aromatic carbocycles. The van der Waals surface area contributed by atoms with Crippen LogP contribution in [0.1, 0.15) is 23.7 Å². The lowest BCUT2D eigenvalue weighted by Gasteiger charge is -2.20. The number of hydrogen-bond acceptors (Lipinski definition) is 2. The fourth-order valence-corrected chi connectivity index (χ4v) is 2.38. The molecule has 0 atom stereocenters. The molecular formula is C13H16BrN3O. The van der Waals surface area contributed by atoms with E-state index < -0.39 is 0 Å². The molecule has 0 saturated carbocycles. The average Bonchev–Trinajstić information content (AvgIpc) is 2.81. The van der Waals surface area contributed by atoms with E-state index in [1.165, 1.54) is 0 Å². The summed E-state index contributed by atoms with van der Waals surface area (Å²) in [6.45, 7) is 3.57. The lowest BCUT2D eigenvalue weighted by Crippen LogP contribution is -2.33. The summed E-state index contributed by atoms with van der Waals surface area (Å²) < 4.78 is 1.73. The lowest BCUT2D eigenvalue weighted by atomic mass is 10.2. The quantitative estimate of drug-likeness (QED) is 0.796. The molecule has 0 aliphatic carbocycles. The highest BCUT2D eigenvalue weighted by Gasteiger charge is 2.18. The first-order valence-electron chi connectivity index (χ1n) is 6.05. The second-order valence-corrected chi connectivity index (χ2v) is 4.86. The number of carbonyl (C=O) groups is 1. The zero-order chi connectivity index (χ0) is 13.0. The Morgan fingerprint density at radius 3 is 3.00 bits per heavy atom. The largest absolute Gasteiger partial charge is 0.338 e. The standard InChI is InChI=1S/C13H16BrN3O/c1-2-7-16(9-6-14)13(18)11-10-15-17-8-4-3-5-12(11)17/h3-5,8,10H,2,6-7,9H2,1H3. The number of rotatable bonds is 5. The molecular weight excluding hydrogens is 294 g/mol. The molecule has 0 unspecified atom stereocenters. The number of alkyl halides is 1. The number of fused-ring (bicyclic) bond motifs is 1. The van der Waals surface area contributed by atoms with Crippen molar-refractivity contribution in [2.45, 2.75) is 13.3 Å². The van der Waals surface area contributed by atoms with Crippen molar-refractivity contribution in [1.82, 2.24) is 14.5 Å². The van der Waals surface area contributed by atoms with Gasteiger partial charge in [0.2, 0.25) is 0 Å². The molecule has 2 aromatic heterocycles. The molecule has 0 fully saturated rings. The predicted molar refractivity (Wildman–Crippen MR) is 75.2 cm³/mol. The first-order chi connectivity index (χ1) is 8.77. The van der Waals surface area contributed by atoms with Gasteiger partial charge in [-0.25, -0.2) is 4.52 Å². The Balaban J connectivity index is 2.31. The van der Waals surface area contributed by atoms with Crippen molar-refractivity contribution in [3.05, 3.63) is 36.2 Å². The number of pyridine rings is 1. The number of halogens is 1. The molecule has 2 rings (SSSR count). The monoisotopic (exact) mass is 309 g/mol. The molecule has 0 N–H and O–H groups in total. The van der Waals surface area contributed by atoms with Gasteiger partial charge in [-0.3, -0.25) is 4.79 Å². The third kappa shape index (κ3) is 2.56. The summed E-state index contributed by atoms with van der Waals surface area (Å²) >= 11 is 3.39. The van der Waals surface area contributed by atoms with Crippen LogP contribution in [0, 0.1) is 0 Å². The van der Waals surface area contributed by atoms with Crippen LogP contribution in [0.2, 0.25) is 0 Å². The maximum atomic E-state index is 12.5. The SMILES string of the molecule is CCCN(CCBr)C(=O)c1cnn2ccccc12. The summed E-state index contributed by atoms with van der Waals surface area (Å²) in [7, 11) is 0. The van der Waals surface area contributed by atoms with Gasteiger partial charge in [0, 0.05) is 24.6 Å². The van der Waals surface area contributed by atoms with Crippen LogP contribution in [-0.2, 0) is 0 Å². The fraction of sp³-hybridized carbons (Fsp3) is 0.385. The minimum atomic E-state index is 0.0532. The van der Waals surface area contributed by atoms with Crippen LogP contribution in [-0.4, -0.2) is 38.8 Å². The fourth-order valence-electron chi connectivity index (χ4n) is 1.96. The van der Waals surface area contributed by atoms with Crippen molar-refractivity contribution in [3.8, 4) is 0 Å². The minimum Gasteiger partial charge on any atom is -0.338 e. The molecule has 0 spiro atoms. The van der Waals surface area contributed by atoms with Crippen LogP contribution in [0.5, 0.6) is 0 Å². The van der Waals surface area contributed by atoms with E-state index in [1.807, 2.05) is 29.3 Å². The maximum absolute atomic E-state index is 12.5. The van der Waals surface area contributed by atoms with Crippen LogP contribution in [0.4, 0.5) is 0 Å². The van der Waals surface area contributed by atoms with Crippen molar-refractivity contribution in [2.24, 2.45) is 0 Å². The third-order valence-corrected chi connectivity index (χ3v) is 3.15. The predicted octanol–water partition coefficient (Wildman–Crippen LogP) is 2.58. The molecule has 18 heavy (non-hydrogen) atoms. The Morgan fingerprint density at radius 1 is 1.44 bits per heavy atom. The number of nitrogens with zero attached hydrogens (tertiary/aromatic N) is 3. The van der Waals surface area contributed by atoms with Gasteiger partial charge < -0.3 is 4.90 Å². The Labute approximate surface area is 115 Å². The first kappa shape index (κ1) is 13.1. The zero-order valence-corrected chi connectivity index (χ0v) is 11.9. The van der Waals surface area contributed by atoms with E-state index >= 15 is 0 Å². The topological polar surface area (TPSA) is 37.6 Å². The molecule has 5 heteroatoms. The smallest absolute Gasteiger partial charge is 0.257 e. The van der Waals surface area contributed by atoms with E-state index in [1.54, 1.807) is 10.7 Å². The van der Waals surface area contributed by atoms with Crippen molar-refractivity contribution >= 4 is 27.4 Å². The first-order valence-corrected chi connectivity index (χ1v) is 7.17. The van der Waals surface area contributed by atoms with E-state index in [0.29, 0.717) is 5.56 Å². The summed E-state index contributed by atoms with van der Waals surface area (Å²) in [5, 5.41) is 4.99. The highest BCUT2D eigenvalue weighted by molar-refractivity contribution is 9.09. The summed E-state index contributed by atoms with van der Waals surface area (Å²) in [4.78, 5) is 14.3. The average molecular weight is 310 g/mol.